The molecule has 0 spiro atoms. The van der Waals surface area contributed by atoms with Crippen molar-refractivity contribution < 1.29 is 24.2 Å². The summed E-state index contributed by atoms with van der Waals surface area (Å²) in [6.45, 7) is 10.5. The zero-order valence-corrected chi connectivity index (χ0v) is 22.1. The first kappa shape index (κ1) is 28.8. The van der Waals surface area contributed by atoms with E-state index in [2.05, 4.69) is 10.6 Å². The second kappa shape index (κ2) is 13.1. The van der Waals surface area contributed by atoms with Crippen molar-refractivity contribution in [3.8, 4) is 0 Å². The number of amides is 3. The Morgan fingerprint density at radius 3 is 2.19 bits per heavy atom. The van der Waals surface area contributed by atoms with E-state index in [-0.39, 0.29) is 12.5 Å². The molecular formula is C28H39N3O5. The number of ether oxygens (including phenoxy) is 1. The lowest BCUT2D eigenvalue weighted by Crippen LogP contribution is -2.54. The molecule has 0 saturated carbocycles. The molecule has 0 bridgehead atoms. The molecule has 3 amide bonds. The summed E-state index contributed by atoms with van der Waals surface area (Å²) in [5.41, 5.74) is 2.50. The summed E-state index contributed by atoms with van der Waals surface area (Å²) in [6.07, 6.45) is 0.585. The lowest BCUT2D eigenvalue weighted by Gasteiger charge is -2.34. The number of aliphatic hydroxyl groups is 1. The van der Waals surface area contributed by atoms with Crippen LogP contribution in [0.4, 0.5) is 10.5 Å². The highest BCUT2D eigenvalue weighted by molar-refractivity contribution is 5.99. The van der Waals surface area contributed by atoms with Gasteiger partial charge in [0.15, 0.2) is 0 Å². The summed E-state index contributed by atoms with van der Waals surface area (Å²) in [4.78, 5) is 41.1. The molecule has 2 unspecified atom stereocenters. The number of nitrogens with zero attached hydrogens (tertiary/aromatic N) is 1. The summed E-state index contributed by atoms with van der Waals surface area (Å²) in [5, 5.41) is 15.4. The third-order valence-corrected chi connectivity index (χ3v) is 5.59. The van der Waals surface area contributed by atoms with E-state index in [1.807, 2.05) is 63.2 Å². The monoisotopic (exact) mass is 497 g/mol. The first-order valence-electron chi connectivity index (χ1n) is 12.4. The highest BCUT2D eigenvalue weighted by Crippen LogP contribution is 2.26. The van der Waals surface area contributed by atoms with Crippen LogP contribution >= 0.6 is 0 Å². The van der Waals surface area contributed by atoms with Gasteiger partial charge in [-0.2, -0.15) is 0 Å². The van der Waals surface area contributed by atoms with E-state index in [0.717, 1.165) is 17.5 Å². The van der Waals surface area contributed by atoms with Gasteiger partial charge in [-0.25, -0.2) is 4.79 Å². The zero-order valence-electron chi connectivity index (χ0n) is 22.1. The van der Waals surface area contributed by atoms with Crippen molar-refractivity contribution in [3.05, 3.63) is 65.2 Å². The molecular weight excluding hydrogens is 458 g/mol. The molecule has 36 heavy (non-hydrogen) atoms. The Morgan fingerprint density at radius 2 is 1.67 bits per heavy atom. The Hall–Kier alpha value is -3.39. The van der Waals surface area contributed by atoms with Crippen LogP contribution in [-0.2, 0) is 20.7 Å². The Kier molecular flexibility index (Phi) is 10.5. The van der Waals surface area contributed by atoms with Gasteiger partial charge in [0.05, 0.1) is 6.61 Å². The van der Waals surface area contributed by atoms with E-state index >= 15 is 0 Å². The minimum Gasteiger partial charge on any atom is -0.444 e. The molecule has 8 nitrogen and oxygen atoms in total. The van der Waals surface area contributed by atoms with Gasteiger partial charge < -0.3 is 25.4 Å². The lowest BCUT2D eigenvalue weighted by molar-refractivity contribution is -0.141. The summed E-state index contributed by atoms with van der Waals surface area (Å²) >= 11 is 0. The Labute approximate surface area is 214 Å². The predicted molar refractivity (Wildman–Crippen MR) is 141 cm³/mol. The van der Waals surface area contributed by atoms with Crippen LogP contribution in [-0.4, -0.2) is 52.7 Å². The number of carbonyl (C=O) groups excluding carboxylic acids is 3. The van der Waals surface area contributed by atoms with Crippen molar-refractivity contribution in [2.45, 2.75) is 72.1 Å². The molecule has 0 radical (unpaired) electrons. The lowest BCUT2D eigenvalue weighted by atomic mass is 10.00. The maximum absolute atomic E-state index is 13.7. The van der Waals surface area contributed by atoms with Crippen molar-refractivity contribution in [1.29, 1.82) is 0 Å². The molecule has 0 fully saturated rings. The minimum absolute atomic E-state index is 0.243. The number of hydrogen-bond donors (Lipinski definition) is 3. The van der Waals surface area contributed by atoms with Crippen molar-refractivity contribution in [2.24, 2.45) is 0 Å². The third-order valence-electron chi connectivity index (χ3n) is 5.59. The molecule has 2 aromatic rings. The van der Waals surface area contributed by atoms with Gasteiger partial charge in [0.25, 0.3) is 5.91 Å². The van der Waals surface area contributed by atoms with Gasteiger partial charge in [0.1, 0.15) is 17.7 Å². The van der Waals surface area contributed by atoms with Gasteiger partial charge >= 0.3 is 6.09 Å². The number of nitrogens with one attached hydrogen (secondary N) is 2. The van der Waals surface area contributed by atoms with Crippen LogP contribution in [0.15, 0.2) is 48.5 Å². The highest BCUT2D eigenvalue weighted by Gasteiger charge is 2.36. The number of rotatable bonds is 10. The largest absolute Gasteiger partial charge is 0.444 e. The number of para-hydroxylation sites is 1. The fourth-order valence-electron chi connectivity index (χ4n) is 3.77. The topological polar surface area (TPSA) is 108 Å². The maximum Gasteiger partial charge on any atom is 0.408 e. The van der Waals surface area contributed by atoms with Crippen LogP contribution in [0.5, 0.6) is 0 Å². The van der Waals surface area contributed by atoms with Crippen LogP contribution in [0.3, 0.4) is 0 Å². The maximum atomic E-state index is 13.7. The van der Waals surface area contributed by atoms with Gasteiger partial charge in [0.2, 0.25) is 5.91 Å². The van der Waals surface area contributed by atoms with Crippen LogP contribution in [0.1, 0.15) is 63.8 Å². The molecule has 2 rings (SSSR count). The first-order valence-corrected chi connectivity index (χ1v) is 12.4. The zero-order chi connectivity index (χ0) is 26.9. The molecule has 0 aliphatic carbocycles. The SMILES string of the molecule is CCCN(C(=O)C(CO)NC(=O)OC(C)(C)C)C(C(=O)Nc1ccccc1C)c1ccc(CC)cc1. The molecule has 0 saturated heterocycles. The average Bonchev–Trinajstić information content (AvgIpc) is 2.82. The van der Waals surface area contributed by atoms with E-state index in [9.17, 15) is 19.5 Å². The van der Waals surface area contributed by atoms with Gasteiger partial charge in [-0.05, 0) is 63.3 Å². The molecule has 3 N–H and O–H groups in total. The minimum atomic E-state index is -1.27. The van der Waals surface area contributed by atoms with Gasteiger partial charge in [0, 0.05) is 12.2 Å². The fraction of sp³-hybridized carbons (Fsp3) is 0.464. The number of aliphatic hydroxyl groups excluding tert-OH is 1. The van der Waals surface area contributed by atoms with Crippen LogP contribution in [0.2, 0.25) is 0 Å². The highest BCUT2D eigenvalue weighted by atomic mass is 16.6. The molecule has 0 heterocycles. The van der Waals surface area contributed by atoms with Crippen molar-refractivity contribution in [3.63, 3.8) is 0 Å². The fourth-order valence-corrected chi connectivity index (χ4v) is 3.77. The molecule has 8 heteroatoms. The summed E-state index contributed by atoms with van der Waals surface area (Å²) in [6, 6.07) is 12.7. The van der Waals surface area contributed by atoms with Gasteiger partial charge in [-0.3, -0.25) is 9.59 Å². The Bertz CT molecular complexity index is 1030. The first-order chi connectivity index (χ1) is 17.0. The van der Waals surface area contributed by atoms with E-state index in [0.29, 0.717) is 17.7 Å². The Morgan fingerprint density at radius 1 is 1.03 bits per heavy atom. The van der Waals surface area contributed by atoms with Gasteiger partial charge in [-0.15, -0.1) is 0 Å². The van der Waals surface area contributed by atoms with E-state index in [1.54, 1.807) is 26.8 Å². The van der Waals surface area contributed by atoms with E-state index in [1.165, 1.54) is 4.90 Å². The number of anilines is 1. The van der Waals surface area contributed by atoms with Crippen molar-refractivity contribution in [1.82, 2.24) is 10.2 Å². The second-order valence-corrected chi connectivity index (χ2v) is 9.71. The molecule has 2 atom stereocenters. The van der Waals surface area contributed by atoms with E-state index in [4.69, 9.17) is 4.74 Å². The quantitative estimate of drug-likeness (QED) is 0.452. The predicted octanol–water partition coefficient (Wildman–Crippen LogP) is 4.36. The standard InChI is InChI=1S/C28H39N3O5/c1-7-17-31(26(34)23(18-32)30-27(35)36-28(4,5)6)24(21-15-13-20(8-2)14-16-21)25(33)29-22-12-10-9-11-19(22)3/h9-16,23-24,32H,7-8,17-18H2,1-6H3,(H,29,33)(H,30,35). The number of alkyl carbamates (subject to hydrolysis) is 1. The molecule has 196 valence electrons. The summed E-state index contributed by atoms with van der Waals surface area (Å²) in [7, 11) is 0. The number of aryl methyl sites for hydroxylation is 2. The molecule has 0 aliphatic rings. The van der Waals surface area contributed by atoms with Crippen LogP contribution < -0.4 is 10.6 Å². The summed E-state index contributed by atoms with van der Waals surface area (Å²) < 4.78 is 5.26. The smallest absolute Gasteiger partial charge is 0.408 e. The van der Waals surface area contributed by atoms with Crippen molar-refractivity contribution in [2.75, 3.05) is 18.5 Å². The molecule has 0 aromatic heterocycles. The van der Waals surface area contributed by atoms with E-state index < -0.39 is 36.3 Å². The molecule has 0 aliphatic heterocycles. The van der Waals surface area contributed by atoms with Crippen LogP contribution in [0, 0.1) is 6.92 Å². The van der Waals surface area contributed by atoms with Gasteiger partial charge in [-0.1, -0.05) is 56.3 Å². The summed E-state index contributed by atoms with van der Waals surface area (Å²) in [5.74, 6) is -0.959. The Balaban J connectivity index is 2.45. The van der Waals surface area contributed by atoms with Crippen LogP contribution in [0.25, 0.3) is 0 Å². The molecule has 2 aromatic carbocycles. The van der Waals surface area contributed by atoms with Crippen molar-refractivity contribution >= 4 is 23.6 Å². The number of benzene rings is 2. The normalized spacial score (nSPS) is 12.9. The number of carbonyl (C=O) groups is 3. The second-order valence-electron chi connectivity index (χ2n) is 9.71. The average molecular weight is 498 g/mol. The number of hydrogen-bond acceptors (Lipinski definition) is 5. The third kappa shape index (κ3) is 8.09.